The molecule has 0 bridgehead atoms. The Morgan fingerprint density at radius 1 is 0.266 bits per heavy atom. The summed E-state index contributed by atoms with van der Waals surface area (Å²) in [6.45, 7) is 6.47. The van der Waals surface area contributed by atoms with E-state index in [4.69, 9.17) is 14.2 Å². The van der Waals surface area contributed by atoms with Crippen molar-refractivity contribution in [3.63, 3.8) is 0 Å². The van der Waals surface area contributed by atoms with Crippen molar-refractivity contribution in [2.45, 2.75) is 322 Å². The molecule has 6 nitrogen and oxygen atoms in total. The third kappa shape index (κ3) is 64.8. The highest BCUT2D eigenvalue weighted by atomic mass is 16.6. The van der Waals surface area contributed by atoms with Crippen LogP contribution in [0.5, 0.6) is 0 Å². The second-order valence-electron chi connectivity index (χ2n) is 22.0. The van der Waals surface area contributed by atoms with Gasteiger partial charge in [0, 0.05) is 19.3 Å². The van der Waals surface area contributed by atoms with Crippen LogP contribution >= 0.6 is 0 Å². The van der Waals surface area contributed by atoms with Gasteiger partial charge >= 0.3 is 17.9 Å². The maximum absolute atomic E-state index is 12.9. The maximum Gasteiger partial charge on any atom is 0.306 e. The van der Waals surface area contributed by atoms with Crippen molar-refractivity contribution < 1.29 is 28.6 Å². The van der Waals surface area contributed by atoms with Gasteiger partial charge in [0.2, 0.25) is 0 Å². The first-order valence-electron chi connectivity index (χ1n) is 33.4. The van der Waals surface area contributed by atoms with Crippen molar-refractivity contribution in [1.82, 2.24) is 0 Å². The Morgan fingerprint density at radius 3 is 0.835 bits per heavy atom. The number of ether oxygens (including phenoxy) is 3. The van der Waals surface area contributed by atoms with Gasteiger partial charge in [-0.25, -0.2) is 0 Å². The van der Waals surface area contributed by atoms with Crippen LogP contribution in [0.15, 0.2) is 109 Å². The number of carbonyl (C=O) groups excluding carboxylic acids is 3. The molecule has 0 aliphatic carbocycles. The summed E-state index contributed by atoms with van der Waals surface area (Å²) in [5.74, 6) is -0.895. The van der Waals surface area contributed by atoms with E-state index >= 15 is 0 Å². The monoisotopic (exact) mass is 1100 g/mol. The summed E-state index contributed by atoms with van der Waals surface area (Å²) in [6.07, 6.45) is 91.2. The minimum absolute atomic E-state index is 0.0826. The normalized spacial score (nSPS) is 12.8. The Morgan fingerprint density at radius 2 is 0.519 bits per heavy atom. The Labute approximate surface area is 489 Å². The van der Waals surface area contributed by atoms with Crippen molar-refractivity contribution in [3.8, 4) is 0 Å². The van der Waals surface area contributed by atoms with Crippen LogP contribution < -0.4 is 0 Å². The van der Waals surface area contributed by atoms with Gasteiger partial charge in [-0.15, -0.1) is 0 Å². The van der Waals surface area contributed by atoms with E-state index in [0.717, 1.165) is 128 Å². The van der Waals surface area contributed by atoms with Gasteiger partial charge in [0.25, 0.3) is 0 Å². The summed E-state index contributed by atoms with van der Waals surface area (Å²) in [6, 6.07) is 0. The standard InChI is InChI=1S/C73H124O6/c1-4-7-10-13-16-19-22-24-26-28-29-30-31-32-33-34-35-36-37-38-39-40-41-42-43-44-45-46-48-49-51-54-57-60-63-66-72(75)78-69-70(68-77-71(74)65-62-59-56-53-21-18-15-12-9-6-3)79-73(76)67-64-61-58-55-52-50-47-27-25-23-20-17-14-11-8-5-2/h7,10,12,15-16,19,24,26-27,29-30,32-33,35-36,38-39,47,70H,4-6,8-9,11,13-14,17-18,20-23,25,28,31,34,37,40-46,48-69H2,1-3H3/b10-7-,15-12-,19-16-,26-24-,30-29-,33-32-,36-35-,39-38-,47-27-. The highest BCUT2D eigenvalue weighted by molar-refractivity contribution is 5.71. The van der Waals surface area contributed by atoms with Gasteiger partial charge in [0.05, 0.1) is 0 Å². The molecule has 0 saturated carbocycles. The number of rotatable bonds is 60. The first-order valence-corrected chi connectivity index (χ1v) is 33.4. The van der Waals surface area contributed by atoms with Crippen molar-refractivity contribution in [1.29, 1.82) is 0 Å². The van der Waals surface area contributed by atoms with Crippen LogP contribution in [0.25, 0.3) is 0 Å². The zero-order chi connectivity index (χ0) is 57.1. The smallest absolute Gasteiger partial charge is 0.306 e. The van der Waals surface area contributed by atoms with Crippen LogP contribution in [0.1, 0.15) is 316 Å². The molecule has 452 valence electrons. The summed E-state index contributed by atoms with van der Waals surface area (Å²) >= 11 is 0. The van der Waals surface area contributed by atoms with E-state index in [0.29, 0.717) is 19.3 Å². The quantitative estimate of drug-likeness (QED) is 0.0261. The molecule has 0 aliphatic rings. The molecule has 0 aromatic heterocycles. The molecule has 1 unspecified atom stereocenters. The molecule has 0 rings (SSSR count). The fourth-order valence-corrected chi connectivity index (χ4v) is 9.24. The van der Waals surface area contributed by atoms with Gasteiger partial charge in [-0.3, -0.25) is 14.4 Å². The SMILES string of the molecule is CC/C=C\C/C=C\C/C=C\C/C=C\C/C=C\C/C=C\C/C=C\CCCCCCCCCCCCCCCC(=O)OCC(COC(=O)CCCCCCC/C=C\CCC)OC(=O)CCCCCCC/C=C\CCCCCCCCC. The van der Waals surface area contributed by atoms with E-state index in [2.05, 4.69) is 130 Å². The average molecular weight is 1100 g/mol. The van der Waals surface area contributed by atoms with Crippen LogP contribution in [-0.2, 0) is 28.6 Å². The molecule has 0 fully saturated rings. The molecule has 6 heteroatoms. The Kier molecular flexibility index (Phi) is 63.3. The van der Waals surface area contributed by atoms with E-state index in [1.165, 1.54) is 148 Å². The lowest BCUT2D eigenvalue weighted by Crippen LogP contribution is -2.30. The molecular weight excluding hydrogens is 973 g/mol. The summed E-state index contributed by atoms with van der Waals surface area (Å²) in [7, 11) is 0. The number of hydrogen-bond donors (Lipinski definition) is 0. The first-order chi connectivity index (χ1) is 39.0. The summed E-state index contributed by atoms with van der Waals surface area (Å²) in [5, 5.41) is 0. The van der Waals surface area contributed by atoms with Gasteiger partial charge in [0.1, 0.15) is 13.2 Å². The largest absolute Gasteiger partial charge is 0.462 e. The Hall–Kier alpha value is -3.93. The number of allylic oxidation sites excluding steroid dienone is 18. The average Bonchev–Trinajstić information content (AvgIpc) is 3.45. The highest BCUT2D eigenvalue weighted by Gasteiger charge is 2.19. The molecule has 0 N–H and O–H groups in total. The molecule has 0 amide bonds. The molecule has 1 atom stereocenters. The maximum atomic E-state index is 12.9. The lowest BCUT2D eigenvalue weighted by molar-refractivity contribution is -0.167. The lowest BCUT2D eigenvalue weighted by Gasteiger charge is -2.18. The van der Waals surface area contributed by atoms with Crippen LogP contribution in [0.3, 0.4) is 0 Å². The molecular formula is C73H124O6. The third-order valence-corrected chi connectivity index (χ3v) is 14.2. The van der Waals surface area contributed by atoms with Crippen LogP contribution in [-0.4, -0.2) is 37.2 Å². The van der Waals surface area contributed by atoms with Crippen LogP contribution in [0.4, 0.5) is 0 Å². The summed E-state index contributed by atoms with van der Waals surface area (Å²) in [5.41, 5.74) is 0. The minimum atomic E-state index is -0.785. The van der Waals surface area contributed by atoms with Gasteiger partial charge in [0.15, 0.2) is 6.10 Å². The van der Waals surface area contributed by atoms with E-state index in [1.54, 1.807) is 0 Å². The molecule has 0 aromatic carbocycles. The van der Waals surface area contributed by atoms with E-state index < -0.39 is 6.10 Å². The van der Waals surface area contributed by atoms with Gasteiger partial charge in [-0.05, 0) is 122 Å². The fraction of sp³-hybridized carbons (Fsp3) is 0.712. The van der Waals surface area contributed by atoms with E-state index in [9.17, 15) is 14.4 Å². The zero-order valence-electron chi connectivity index (χ0n) is 51.9. The number of esters is 3. The number of carbonyl (C=O) groups is 3. The Balaban J connectivity index is 4.13. The fourth-order valence-electron chi connectivity index (χ4n) is 9.24. The van der Waals surface area contributed by atoms with Crippen LogP contribution in [0, 0.1) is 0 Å². The van der Waals surface area contributed by atoms with Crippen molar-refractivity contribution in [2.75, 3.05) is 13.2 Å². The van der Waals surface area contributed by atoms with Crippen molar-refractivity contribution in [3.05, 3.63) is 109 Å². The van der Waals surface area contributed by atoms with E-state index in [1.807, 2.05) is 0 Å². The zero-order valence-corrected chi connectivity index (χ0v) is 51.9. The Bertz CT molecular complexity index is 1590. The molecule has 0 saturated heterocycles. The van der Waals surface area contributed by atoms with Crippen molar-refractivity contribution in [2.24, 2.45) is 0 Å². The third-order valence-electron chi connectivity index (χ3n) is 14.2. The van der Waals surface area contributed by atoms with Crippen molar-refractivity contribution >= 4 is 17.9 Å². The van der Waals surface area contributed by atoms with Crippen LogP contribution in [0.2, 0.25) is 0 Å². The van der Waals surface area contributed by atoms with Gasteiger partial charge in [-0.2, -0.15) is 0 Å². The number of hydrogen-bond acceptors (Lipinski definition) is 6. The highest BCUT2D eigenvalue weighted by Crippen LogP contribution is 2.16. The van der Waals surface area contributed by atoms with E-state index in [-0.39, 0.29) is 31.1 Å². The predicted octanol–water partition coefficient (Wildman–Crippen LogP) is 23.0. The number of unbranched alkanes of at least 4 members (excludes halogenated alkanes) is 31. The molecule has 0 radical (unpaired) electrons. The van der Waals surface area contributed by atoms with Gasteiger partial charge in [-0.1, -0.05) is 284 Å². The van der Waals surface area contributed by atoms with Gasteiger partial charge < -0.3 is 14.2 Å². The molecule has 79 heavy (non-hydrogen) atoms. The second kappa shape index (κ2) is 66.6. The second-order valence-corrected chi connectivity index (χ2v) is 22.0. The molecule has 0 heterocycles. The topological polar surface area (TPSA) is 78.9 Å². The minimum Gasteiger partial charge on any atom is -0.462 e. The molecule has 0 aromatic rings. The predicted molar refractivity (Wildman–Crippen MR) is 343 cm³/mol. The molecule has 0 aliphatic heterocycles. The molecule has 0 spiro atoms. The lowest BCUT2D eigenvalue weighted by atomic mass is 10.0. The summed E-state index contributed by atoms with van der Waals surface area (Å²) < 4.78 is 16.9. The first kappa shape index (κ1) is 75.1. The summed E-state index contributed by atoms with van der Waals surface area (Å²) in [4.78, 5) is 38.2.